The molecule has 0 saturated carbocycles. The van der Waals surface area contributed by atoms with Gasteiger partial charge in [-0.15, -0.1) is 0 Å². The number of aromatic nitrogens is 2. The average Bonchev–Trinajstić information content (AvgIpc) is 3.30. The number of anilines is 1. The fraction of sp³-hybridized carbons (Fsp3) is 0.462. The number of Topliss-reactive ketones (excluding diaryl/α,β-unsaturated/α-hetero) is 3. The van der Waals surface area contributed by atoms with Gasteiger partial charge in [0.2, 0.25) is 11.8 Å². The van der Waals surface area contributed by atoms with Crippen LogP contribution in [-0.2, 0) is 31.0 Å². The summed E-state index contributed by atoms with van der Waals surface area (Å²) >= 11 is 0. The molecule has 1 aromatic heterocycles. The van der Waals surface area contributed by atoms with Crippen LogP contribution in [0.4, 0.5) is 5.82 Å². The number of nitrogens with one attached hydrogen (secondary N) is 1. The number of nitrogens with two attached hydrogens (primary N) is 3. The Morgan fingerprint density at radius 1 is 0.882 bits per heavy atom. The van der Waals surface area contributed by atoms with Crippen LogP contribution in [-0.4, -0.2) is 104 Å². The van der Waals surface area contributed by atoms with E-state index >= 15 is 0 Å². The maximum absolute atomic E-state index is 14.9. The van der Waals surface area contributed by atoms with Crippen molar-refractivity contribution in [3.8, 4) is 40.1 Å². The summed E-state index contributed by atoms with van der Waals surface area (Å²) in [6, 6.07) is 18.3. The highest BCUT2D eigenvalue weighted by molar-refractivity contribution is 6.04. The van der Waals surface area contributed by atoms with Gasteiger partial charge in [0.05, 0.1) is 23.4 Å². The van der Waals surface area contributed by atoms with E-state index in [-0.39, 0.29) is 93.9 Å². The third kappa shape index (κ3) is 12.7. The molecule has 0 saturated heterocycles. The lowest BCUT2D eigenvalue weighted by molar-refractivity contribution is -0.142. The number of hydrogen-bond donors (Lipinski definition) is 4. The zero-order chi connectivity index (χ0) is 49.9. The van der Waals surface area contributed by atoms with Crippen LogP contribution in [0.25, 0.3) is 22.5 Å². The zero-order valence-electron chi connectivity index (χ0n) is 40.7. The topological polar surface area (TPSA) is 250 Å². The third-order valence-corrected chi connectivity index (χ3v) is 12.1. The molecular weight excluding hydrogens is 863 g/mol. The Labute approximate surface area is 400 Å². The normalized spacial score (nSPS) is 16.7. The number of benzene rings is 3. The highest BCUT2D eigenvalue weighted by Crippen LogP contribution is 2.41. The molecule has 2 amide bonds. The molecule has 1 aliphatic rings. The molecule has 0 radical (unpaired) electrons. The van der Waals surface area contributed by atoms with Gasteiger partial charge in [0.15, 0.2) is 23.2 Å². The smallest absolute Gasteiger partial charge is 0.226 e. The Morgan fingerprint density at radius 3 is 2.10 bits per heavy atom. The molecule has 3 aromatic carbocycles. The maximum atomic E-state index is 14.9. The largest absolute Gasteiger partial charge is 0.492 e. The first-order chi connectivity index (χ1) is 32.3. The molecular formula is C52H67N9O7. The van der Waals surface area contributed by atoms with Crippen LogP contribution in [0.1, 0.15) is 98.6 Å². The minimum atomic E-state index is -1.26. The SMILES string of the molecule is Cc1nc(-c2ccc(C(C)(C)C)cc2)nc(N(C)C)c1C(=O)C[C@@H](CCN)C(=O)N(C)[C@@H]1C(=O)C[C@@H](C)C(=O)N[C@H](C(=O)CCC#N)Cc2ccc(OCCN)c(c2)-c2cc1ccc2OCCN. The van der Waals surface area contributed by atoms with Crippen LogP contribution in [0.2, 0.25) is 0 Å². The molecule has 7 N–H and O–H groups in total. The molecule has 2 heterocycles. The monoisotopic (exact) mass is 930 g/mol. The number of ether oxygens (including phenoxy) is 2. The Bertz CT molecular complexity index is 2510. The number of amides is 2. The van der Waals surface area contributed by atoms with Gasteiger partial charge in [0.25, 0.3) is 0 Å². The number of aryl methyl sites for hydroxylation is 1. The molecule has 4 aromatic rings. The Kier molecular flexibility index (Phi) is 18.1. The van der Waals surface area contributed by atoms with Gasteiger partial charge in [-0.3, -0.25) is 24.0 Å². The van der Waals surface area contributed by atoms with Crippen molar-refractivity contribution >= 4 is 35.0 Å². The number of carbonyl (C=O) groups is 5. The van der Waals surface area contributed by atoms with Crippen molar-refractivity contribution in [2.45, 2.75) is 90.6 Å². The number of carbonyl (C=O) groups excluding carboxylic acids is 5. The fourth-order valence-corrected chi connectivity index (χ4v) is 8.42. The molecule has 362 valence electrons. The molecule has 16 nitrogen and oxygen atoms in total. The summed E-state index contributed by atoms with van der Waals surface area (Å²) in [6.45, 7) is 10.6. The first-order valence-electron chi connectivity index (χ1n) is 23.2. The minimum absolute atomic E-state index is 0.0345. The minimum Gasteiger partial charge on any atom is -0.492 e. The van der Waals surface area contributed by atoms with Gasteiger partial charge in [0, 0.05) is 88.4 Å². The van der Waals surface area contributed by atoms with Gasteiger partial charge in [-0.2, -0.15) is 5.26 Å². The first-order valence-corrected chi connectivity index (χ1v) is 23.2. The van der Waals surface area contributed by atoms with Gasteiger partial charge < -0.3 is 41.8 Å². The van der Waals surface area contributed by atoms with E-state index in [0.717, 1.165) is 11.1 Å². The number of nitriles is 1. The lowest BCUT2D eigenvalue weighted by Gasteiger charge is -2.32. The second kappa shape index (κ2) is 23.5. The first kappa shape index (κ1) is 52.4. The van der Waals surface area contributed by atoms with E-state index in [2.05, 4.69) is 26.1 Å². The van der Waals surface area contributed by atoms with Crippen molar-refractivity contribution in [3.05, 3.63) is 88.6 Å². The number of rotatable bonds is 18. The van der Waals surface area contributed by atoms with E-state index in [4.69, 9.17) is 36.6 Å². The Hall–Kier alpha value is -6.54. The fourth-order valence-electron chi connectivity index (χ4n) is 8.42. The lowest BCUT2D eigenvalue weighted by atomic mass is 9.86. The predicted molar refractivity (Wildman–Crippen MR) is 262 cm³/mol. The van der Waals surface area contributed by atoms with Crippen LogP contribution < -0.4 is 36.9 Å². The second-order valence-corrected chi connectivity index (χ2v) is 18.6. The predicted octanol–water partition coefficient (Wildman–Crippen LogP) is 5.40. The zero-order valence-corrected chi connectivity index (χ0v) is 40.7. The molecule has 0 unspecified atom stereocenters. The van der Waals surface area contributed by atoms with Gasteiger partial charge in [0.1, 0.15) is 36.6 Å². The van der Waals surface area contributed by atoms with Crippen molar-refractivity contribution in [2.75, 3.05) is 58.9 Å². The standard InChI is InChI=1S/C52H67N9O7/c1-31-26-43(64)47(61(8)51(66)36(19-21-54)30-42(63)46-32(2)57-48(59-49(46)60(6)7)34-12-15-37(16-13-34)52(3,4)5)35-14-18-45(68-25-23-56)39(29-35)38-27-33(11-17-44(38)67-24-22-55)28-40(58-50(31)65)41(62)10-9-20-53/h11-18,27,29,31,36,40,47H,9-10,19,21-26,28,30,54-56H2,1-8H3,(H,58,65)/t31-,36-,40+,47+/m1/s1. The summed E-state index contributed by atoms with van der Waals surface area (Å²) in [5.74, 6) is -2.40. The molecule has 1 aliphatic heterocycles. The van der Waals surface area contributed by atoms with E-state index in [0.29, 0.717) is 51.1 Å². The van der Waals surface area contributed by atoms with E-state index in [9.17, 15) is 29.2 Å². The second-order valence-electron chi connectivity index (χ2n) is 18.6. The van der Waals surface area contributed by atoms with Crippen LogP contribution in [0.3, 0.4) is 0 Å². The van der Waals surface area contributed by atoms with Gasteiger partial charge >= 0.3 is 0 Å². The van der Waals surface area contributed by atoms with Crippen molar-refractivity contribution in [1.82, 2.24) is 20.2 Å². The summed E-state index contributed by atoms with van der Waals surface area (Å²) in [7, 11) is 5.09. The summed E-state index contributed by atoms with van der Waals surface area (Å²) in [6.07, 6.45) is -0.459. The Morgan fingerprint density at radius 2 is 1.51 bits per heavy atom. The summed E-state index contributed by atoms with van der Waals surface area (Å²) in [4.78, 5) is 84.4. The Balaban J connectivity index is 1.60. The van der Waals surface area contributed by atoms with Gasteiger partial charge in [-0.05, 0) is 72.7 Å². The molecule has 5 rings (SSSR count). The van der Waals surface area contributed by atoms with Crippen LogP contribution in [0, 0.1) is 30.1 Å². The average molecular weight is 930 g/mol. The van der Waals surface area contributed by atoms with E-state index < -0.39 is 41.5 Å². The van der Waals surface area contributed by atoms with Crippen molar-refractivity contribution in [1.29, 1.82) is 5.26 Å². The van der Waals surface area contributed by atoms with Crippen molar-refractivity contribution in [3.63, 3.8) is 0 Å². The number of ketones is 3. The van der Waals surface area contributed by atoms with Gasteiger partial charge in [-0.1, -0.05) is 64.1 Å². The quantitative estimate of drug-likeness (QED) is 0.0912. The van der Waals surface area contributed by atoms with E-state index in [1.165, 1.54) is 11.9 Å². The van der Waals surface area contributed by atoms with Gasteiger partial charge in [-0.25, -0.2) is 9.97 Å². The lowest BCUT2D eigenvalue weighted by Crippen LogP contribution is -2.46. The van der Waals surface area contributed by atoms with Crippen LogP contribution in [0.15, 0.2) is 60.7 Å². The van der Waals surface area contributed by atoms with Crippen molar-refractivity contribution in [2.24, 2.45) is 29.0 Å². The highest BCUT2D eigenvalue weighted by atomic mass is 16.5. The molecule has 0 fully saturated rings. The number of hydrogen-bond acceptors (Lipinski definition) is 14. The number of likely N-dealkylation sites (N-methyl/N-ethyl adjacent to an activating group) is 1. The molecule has 16 heteroatoms. The maximum Gasteiger partial charge on any atom is 0.226 e. The molecule has 4 atom stereocenters. The summed E-state index contributed by atoms with van der Waals surface area (Å²) in [5.41, 5.74) is 22.6. The summed E-state index contributed by atoms with van der Waals surface area (Å²) < 4.78 is 12.3. The van der Waals surface area contributed by atoms with Crippen LogP contribution in [0.5, 0.6) is 11.5 Å². The molecule has 0 spiro atoms. The molecule has 68 heavy (non-hydrogen) atoms. The molecule has 0 aliphatic carbocycles. The van der Waals surface area contributed by atoms with Crippen LogP contribution >= 0.6 is 0 Å². The highest BCUT2D eigenvalue weighted by Gasteiger charge is 2.37. The number of fused-ring (bicyclic) bond motifs is 5. The van der Waals surface area contributed by atoms with Crippen molar-refractivity contribution < 1.29 is 33.4 Å². The number of nitrogens with zero attached hydrogens (tertiary/aromatic N) is 5. The van der Waals surface area contributed by atoms with E-state index in [1.54, 1.807) is 63.2 Å². The van der Waals surface area contributed by atoms with E-state index in [1.807, 2.05) is 36.4 Å². The summed E-state index contributed by atoms with van der Waals surface area (Å²) in [5, 5.41) is 12.1. The third-order valence-electron chi connectivity index (χ3n) is 12.1. The molecule has 4 bridgehead atoms.